The SMILES string of the molecule is Br.C=CCn1c(=N)n(CCOc2ccc(OC)cc2)c2ccccc21. The molecule has 0 atom stereocenters. The summed E-state index contributed by atoms with van der Waals surface area (Å²) in [5.74, 6) is 1.59. The first-order valence-electron chi connectivity index (χ1n) is 7.85. The molecule has 25 heavy (non-hydrogen) atoms. The number of fused-ring (bicyclic) bond motifs is 1. The van der Waals surface area contributed by atoms with Gasteiger partial charge in [-0.3, -0.25) is 5.41 Å². The summed E-state index contributed by atoms with van der Waals surface area (Å²) in [5.41, 5.74) is 2.52. The van der Waals surface area contributed by atoms with Crippen LogP contribution in [0.25, 0.3) is 11.0 Å². The zero-order chi connectivity index (χ0) is 16.9. The molecule has 0 aliphatic carbocycles. The van der Waals surface area contributed by atoms with Gasteiger partial charge in [0.1, 0.15) is 18.1 Å². The van der Waals surface area contributed by atoms with E-state index in [1.165, 1.54) is 0 Å². The molecule has 5 nitrogen and oxygen atoms in total. The third-order valence-corrected chi connectivity index (χ3v) is 3.93. The average Bonchev–Trinajstić information content (AvgIpc) is 2.88. The molecule has 0 bridgehead atoms. The predicted octanol–water partition coefficient (Wildman–Crippen LogP) is 3.77. The van der Waals surface area contributed by atoms with E-state index in [1.807, 2.05) is 63.7 Å². The van der Waals surface area contributed by atoms with Crippen molar-refractivity contribution < 1.29 is 9.47 Å². The van der Waals surface area contributed by atoms with Crippen LogP contribution in [0.5, 0.6) is 11.5 Å². The molecule has 1 aromatic heterocycles. The van der Waals surface area contributed by atoms with Gasteiger partial charge < -0.3 is 18.6 Å². The maximum Gasteiger partial charge on any atom is 0.203 e. The number of rotatable bonds is 7. The van der Waals surface area contributed by atoms with Gasteiger partial charge in [0.2, 0.25) is 5.62 Å². The van der Waals surface area contributed by atoms with Crippen LogP contribution in [-0.4, -0.2) is 22.9 Å². The van der Waals surface area contributed by atoms with Gasteiger partial charge in [0, 0.05) is 6.54 Å². The molecule has 3 rings (SSSR count). The molecule has 2 aromatic carbocycles. The van der Waals surface area contributed by atoms with Crippen molar-refractivity contribution in [1.29, 1.82) is 5.41 Å². The van der Waals surface area contributed by atoms with Crippen LogP contribution < -0.4 is 15.1 Å². The second-order valence-corrected chi connectivity index (χ2v) is 5.39. The van der Waals surface area contributed by atoms with Gasteiger partial charge in [-0.05, 0) is 36.4 Å². The van der Waals surface area contributed by atoms with Crippen molar-refractivity contribution in [2.75, 3.05) is 13.7 Å². The highest BCUT2D eigenvalue weighted by Gasteiger charge is 2.09. The topological polar surface area (TPSA) is 52.2 Å². The molecule has 0 unspecified atom stereocenters. The third kappa shape index (κ3) is 3.96. The Kier molecular flexibility index (Phi) is 6.47. The van der Waals surface area contributed by atoms with E-state index in [1.54, 1.807) is 7.11 Å². The molecule has 0 saturated carbocycles. The summed E-state index contributed by atoms with van der Waals surface area (Å²) < 4.78 is 14.8. The highest BCUT2D eigenvalue weighted by Crippen LogP contribution is 2.17. The van der Waals surface area contributed by atoms with Gasteiger partial charge in [-0.25, -0.2) is 0 Å². The van der Waals surface area contributed by atoms with Crippen molar-refractivity contribution >= 4 is 28.0 Å². The number of nitrogens with zero attached hydrogens (tertiary/aromatic N) is 2. The number of imidazole rings is 1. The standard InChI is InChI=1S/C19H21N3O2.BrH/c1-3-12-21-17-6-4-5-7-18(17)22(19(21)20)13-14-24-16-10-8-15(23-2)9-11-16;/h3-11,20H,1,12-14H2,2H3;1H. The summed E-state index contributed by atoms with van der Waals surface area (Å²) in [4.78, 5) is 0. The van der Waals surface area contributed by atoms with Crippen LogP contribution in [0.15, 0.2) is 61.2 Å². The normalized spacial score (nSPS) is 10.3. The largest absolute Gasteiger partial charge is 0.497 e. The lowest BCUT2D eigenvalue weighted by molar-refractivity contribution is 0.296. The minimum atomic E-state index is 0. The number of benzene rings is 2. The Morgan fingerprint density at radius 2 is 1.60 bits per heavy atom. The van der Waals surface area contributed by atoms with E-state index in [0.717, 1.165) is 22.5 Å². The van der Waals surface area contributed by atoms with Crippen LogP contribution in [0.2, 0.25) is 0 Å². The number of hydrogen-bond acceptors (Lipinski definition) is 3. The molecule has 1 N–H and O–H groups in total. The van der Waals surface area contributed by atoms with Gasteiger partial charge in [-0.2, -0.15) is 0 Å². The fourth-order valence-corrected chi connectivity index (χ4v) is 2.76. The number of aromatic nitrogens is 2. The van der Waals surface area contributed by atoms with E-state index in [4.69, 9.17) is 14.9 Å². The van der Waals surface area contributed by atoms with Crippen LogP contribution in [0.4, 0.5) is 0 Å². The summed E-state index contributed by atoms with van der Waals surface area (Å²) >= 11 is 0. The summed E-state index contributed by atoms with van der Waals surface area (Å²) in [5, 5.41) is 8.42. The number of allylic oxidation sites excluding steroid dienone is 1. The molecular weight excluding hydrogens is 382 g/mol. The van der Waals surface area contributed by atoms with E-state index in [-0.39, 0.29) is 17.0 Å². The minimum absolute atomic E-state index is 0. The van der Waals surface area contributed by atoms with Crippen molar-refractivity contribution in [2.45, 2.75) is 13.1 Å². The van der Waals surface area contributed by atoms with E-state index in [0.29, 0.717) is 25.3 Å². The molecule has 3 aromatic rings. The van der Waals surface area contributed by atoms with Gasteiger partial charge in [0.25, 0.3) is 0 Å². The lowest BCUT2D eigenvalue weighted by Crippen LogP contribution is -2.26. The Labute approximate surface area is 157 Å². The maximum absolute atomic E-state index is 8.42. The minimum Gasteiger partial charge on any atom is -0.497 e. The fourth-order valence-electron chi connectivity index (χ4n) is 2.76. The van der Waals surface area contributed by atoms with E-state index in [2.05, 4.69) is 6.58 Å². The molecule has 0 aliphatic rings. The second kappa shape index (κ2) is 8.58. The van der Waals surface area contributed by atoms with Gasteiger partial charge in [-0.1, -0.05) is 18.2 Å². The Balaban J connectivity index is 0.00000225. The lowest BCUT2D eigenvalue weighted by Gasteiger charge is -2.08. The zero-order valence-electron chi connectivity index (χ0n) is 14.1. The summed E-state index contributed by atoms with van der Waals surface area (Å²) in [6.45, 7) is 5.50. The van der Waals surface area contributed by atoms with Crippen LogP contribution in [0.3, 0.4) is 0 Å². The van der Waals surface area contributed by atoms with Gasteiger partial charge in [0.15, 0.2) is 0 Å². The first-order valence-corrected chi connectivity index (χ1v) is 7.85. The summed E-state index contributed by atoms with van der Waals surface area (Å²) in [7, 11) is 1.64. The number of methoxy groups -OCH3 is 1. The molecule has 0 spiro atoms. The maximum atomic E-state index is 8.42. The first kappa shape index (κ1) is 18.9. The number of ether oxygens (including phenoxy) is 2. The number of nitrogens with one attached hydrogen (secondary N) is 1. The quantitative estimate of drug-likeness (QED) is 0.610. The van der Waals surface area contributed by atoms with E-state index < -0.39 is 0 Å². The molecule has 0 radical (unpaired) electrons. The van der Waals surface area contributed by atoms with Crippen LogP contribution in [0, 0.1) is 5.41 Å². The molecule has 0 aliphatic heterocycles. The molecule has 6 heteroatoms. The lowest BCUT2D eigenvalue weighted by atomic mass is 10.3. The zero-order valence-corrected chi connectivity index (χ0v) is 15.9. The monoisotopic (exact) mass is 403 g/mol. The van der Waals surface area contributed by atoms with Crippen molar-refractivity contribution in [1.82, 2.24) is 9.13 Å². The smallest absolute Gasteiger partial charge is 0.203 e. The fraction of sp³-hybridized carbons (Fsp3) is 0.211. The summed E-state index contributed by atoms with van der Waals surface area (Å²) in [6.07, 6.45) is 1.81. The number of para-hydroxylation sites is 2. The van der Waals surface area contributed by atoms with Gasteiger partial charge >= 0.3 is 0 Å². The molecule has 0 saturated heterocycles. The van der Waals surface area contributed by atoms with E-state index in [9.17, 15) is 0 Å². The van der Waals surface area contributed by atoms with Crippen molar-refractivity contribution in [2.24, 2.45) is 0 Å². The Hall–Kier alpha value is -2.47. The molecular formula is C19H22BrN3O2. The highest BCUT2D eigenvalue weighted by molar-refractivity contribution is 8.93. The molecule has 0 fully saturated rings. The van der Waals surface area contributed by atoms with Crippen molar-refractivity contribution in [3.8, 4) is 11.5 Å². The predicted molar refractivity (Wildman–Crippen MR) is 105 cm³/mol. The Bertz CT molecular complexity index is 897. The van der Waals surface area contributed by atoms with E-state index >= 15 is 0 Å². The average molecular weight is 404 g/mol. The first-order chi connectivity index (χ1) is 11.7. The van der Waals surface area contributed by atoms with Crippen molar-refractivity contribution in [3.63, 3.8) is 0 Å². The summed E-state index contributed by atoms with van der Waals surface area (Å²) in [6, 6.07) is 15.5. The number of halogens is 1. The van der Waals surface area contributed by atoms with Crippen LogP contribution >= 0.6 is 17.0 Å². The molecule has 0 amide bonds. The Morgan fingerprint density at radius 1 is 1.00 bits per heavy atom. The van der Waals surface area contributed by atoms with Crippen molar-refractivity contribution in [3.05, 3.63) is 66.8 Å². The molecule has 1 heterocycles. The highest BCUT2D eigenvalue weighted by atomic mass is 79.9. The third-order valence-electron chi connectivity index (χ3n) is 3.93. The van der Waals surface area contributed by atoms with Crippen LogP contribution in [0.1, 0.15) is 0 Å². The molecule has 132 valence electrons. The Morgan fingerprint density at radius 3 is 2.20 bits per heavy atom. The van der Waals surface area contributed by atoms with Gasteiger partial charge in [-0.15, -0.1) is 23.6 Å². The second-order valence-electron chi connectivity index (χ2n) is 5.39. The van der Waals surface area contributed by atoms with Gasteiger partial charge in [0.05, 0.1) is 24.7 Å². The van der Waals surface area contributed by atoms with Crippen LogP contribution in [-0.2, 0) is 13.1 Å². The number of hydrogen-bond donors (Lipinski definition) is 1.